The molecule has 1 aliphatic heterocycles. The highest BCUT2D eigenvalue weighted by Gasteiger charge is 2.27. The molecule has 3 rings (SSSR count). The summed E-state index contributed by atoms with van der Waals surface area (Å²) >= 11 is 0. The van der Waals surface area contributed by atoms with E-state index in [-0.39, 0.29) is 30.3 Å². The predicted molar refractivity (Wildman–Crippen MR) is 127 cm³/mol. The lowest BCUT2D eigenvalue weighted by atomic mass is 10.1. The maximum absolute atomic E-state index is 13.0. The molecule has 0 bridgehead atoms. The Kier molecular flexibility index (Phi) is 8.65. The maximum atomic E-state index is 13.0. The third-order valence-corrected chi connectivity index (χ3v) is 7.48. The molecule has 1 fully saturated rings. The van der Waals surface area contributed by atoms with Crippen molar-refractivity contribution in [3.63, 3.8) is 0 Å². The zero-order valence-corrected chi connectivity index (χ0v) is 20.4. The molecular weight excluding hydrogens is 460 g/mol. The first-order valence-corrected chi connectivity index (χ1v) is 12.5. The van der Waals surface area contributed by atoms with Crippen molar-refractivity contribution in [1.82, 2.24) is 4.31 Å². The van der Waals surface area contributed by atoms with Crippen LogP contribution in [0.25, 0.3) is 0 Å². The molecule has 1 saturated heterocycles. The number of carbonyl (C=O) groups is 2. The van der Waals surface area contributed by atoms with Crippen LogP contribution >= 0.6 is 0 Å². The molecule has 0 radical (unpaired) electrons. The van der Waals surface area contributed by atoms with Crippen molar-refractivity contribution in [2.45, 2.75) is 31.6 Å². The molecule has 0 aliphatic carbocycles. The first kappa shape index (κ1) is 25.7. The predicted octanol–water partition coefficient (Wildman–Crippen LogP) is 2.77. The molecule has 2 aromatic carbocycles. The summed E-state index contributed by atoms with van der Waals surface area (Å²) in [4.78, 5) is 24.9. The first-order valence-electron chi connectivity index (χ1n) is 11.1. The number of amides is 1. The van der Waals surface area contributed by atoms with Gasteiger partial charge >= 0.3 is 5.97 Å². The van der Waals surface area contributed by atoms with E-state index in [0.29, 0.717) is 54.4 Å². The normalized spacial score (nSPS) is 14.4. The summed E-state index contributed by atoms with van der Waals surface area (Å²) in [6.45, 7) is 5.06. The molecule has 2 aromatic rings. The number of methoxy groups -OCH3 is 1. The van der Waals surface area contributed by atoms with E-state index in [0.717, 1.165) is 0 Å². The van der Waals surface area contributed by atoms with Crippen molar-refractivity contribution in [3.05, 3.63) is 53.1 Å². The zero-order valence-electron chi connectivity index (χ0n) is 19.6. The highest BCUT2D eigenvalue weighted by atomic mass is 32.2. The summed E-state index contributed by atoms with van der Waals surface area (Å²) in [5.74, 6) is -0.207. The SMILES string of the molecule is CCOC(=O)c1cccc(NC(=O)CCc2cc(S(=O)(=O)N3CCOCC3)ccc2OC)c1C. The minimum atomic E-state index is -3.67. The van der Waals surface area contributed by atoms with Gasteiger partial charge in [-0.2, -0.15) is 4.31 Å². The number of benzene rings is 2. The lowest BCUT2D eigenvalue weighted by Crippen LogP contribution is -2.40. The quantitative estimate of drug-likeness (QED) is 0.538. The number of nitrogens with one attached hydrogen (secondary N) is 1. The number of ether oxygens (including phenoxy) is 3. The number of morpholine rings is 1. The Labute approximate surface area is 200 Å². The summed E-state index contributed by atoms with van der Waals surface area (Å²) in [6.07, 6.45) is 0.374. The van der Waals surface area contributed by atoms with Gasteiger partial charge in [0.25, 0.3) is 0 Å². The molecule has 0 unspecified atom stereocenters. The van der Waals surface area contributed by atoms with Crippen molar-refractivity contribution in [2.24, 2.45) is 0 Å². The van der Waals surface area contributed by atoms with Gasteiger partial charge in [-0.1, -0.05) is 6.07 Å². The van der Waals surface area contributed by atoms with Crippen molar-refractivity contribution in [1.29, 1.82) is 0 Å². The molecular formula is C24H30N2O7S. The van der Waals surface area contributed by atoms with E-state index in [1.165, 1.54) is 17.5 Å². The highest BCUT2D eigenvalue weighted by molar-refractivity contribution is 7.89. The second-order valence-corrected chi connectivity index (χ2v) is 9.67. The van der Waals surface area contributed by atoms with Crippen LogP contribution in [-0.2, 0) is 30.7 Å². The van der Waals surface area contributed by atoms with Gasteiger partial charge in [-0.3, -0.25) is 4.79 Å². The second kappa shape index (κ2) is 11.5. The average molecular weight is 491 g/mol. The first-order chi connectivity index (χ1) is 16.3. The fourth-order valence-electron chi connectivity index (χ4n) is 3.71. The average Bonchev–Trinajstić information content (AvgIpc) is 2.84. The van der Waals surface area contributed by atoms with E-state index in [4.69, 9.17) is 14.2 Å². The third-order valence-electron chi connectivity index (χ3n) is 5.58. The molecule has 1 heterocycles. The largest absolute Gasteiger partial charge is 0.496 e. The summed E-state index contributed by atoms with van der Waals surface area (Å²) < 4.78 is 43.1. The smallest absolute Gasteiger partial charge is 0.338 e. The Hall–Kier alpha value is -2.95. The van der Waals surface area contributed by atoms with E-state index in [2.05, 4.69) is 5.32 Å². The van der Waals surface area contributed by atoms with Gasteiger partial charge in [0.1, 0.15) is 5.75 Å². The summed E-state index contributed by atoms with van der Waals surface area (Å²) in [5, 5.41) is 2.82. The Morgan fingerprint density at radius 3 is 2.56 bits per heavy atom. The Morgan fingerprint density at radius 1 is 1.15 bits per heavy atom. The number of hydrogen-bond acceptors (Lipinski definition) is 7. The molecule has 1 N–H and O–H groups in total. The van der Waals surface area contributed by atoms with Crippen LogP contribution in [0.5, 0.6) is 5.75 Å². The molecule has 1 amide bonds. The van der Waals surface area contributed by atoms with Gasteiger partial charge in [-0.05, 0) is 61.7 Å². The molecule has 9 nitrogen and oxygen atoms in total. The van der Waals surface area contributed by atoms with Crippen molar-refractivity contribution >= 4 is 27.6 Å². The molecule has 10 heteroatoms. The van der Waals surface area contributed by atoms with E-state index in [9.17, 15) is 18.0 Å². The molecule has 0 spiro atoms. The van der Waals surface area contributed by atoms with Crippen LogP contribution in [0, 0.1) is 6.92 Å². The van der Waals surface area contributed by atoms with Gasteiger partial charge in [-0.25, -0.2) is 13.2 Å². The number of sulfonamides is 1. The van der Waals surface area contributed by atoms with Crippen LogP contribution in [0.3, 0.4) is 0 Å². The molecule has 0 saturated carbocycles. The van der Waals surface area contributed by atoms with E-state index >= 15 is 0 Å². The van der Waals surface area contributed by atoms with Crippen LogP contribution in [0.15, 0.2) is 41.3 Å². The van der Waals surface area contributed by atoms with Crippen molar-refractivity contribution in [2.75, 3.05) is 45.3 Å². The number of anilines is 1. The van der Waals surface area contributed by atoms with Crippen LogP contribution in [0.2, 0.25) is 0 Å². The van der Waals surface area contributed by atoms with Crippen LogP contribution in [0.4, 0.5) is 5.69 Å². The third kappa shape index (κ3) is 5.94. The Bertz CT molecular complexity index is 1140. The number of nitrogens with zero attached hydrogens (tertiary/aromatic N) is 1. The summed E-state index contributed by atoms with van der Waals surface area (Å²) in [7, 11) is -2.17. The number of carbonyl (C=O) groups excluding carboxylic acids is 2. The summed E-state index contributed by atoms with van der Waals surface area (Å²) in [6, 6.07) is 9.71. The number of rotatable bonds is 9. The van der Waals surface area contributed by atoms with Gasteiger partial charge < -0.3 is 19.5 Å². The number of hydrogen-bond donors (Lipinski definition) is 1. The minimum Gasteiger partial charge on any atom is -0.496 e. The van der Waals surface area contributed by atoms with Crippen molar-refractivity contribution < 1.29 is 32.2 Å². The van der Waals surface area contributed by atoms with Crippen LogP contribution in [-0.4, -0.2) is 64.6 Å². The molecule has 0 atom stereocenters. The standard InChI is InChI=1S/C24H30N2O7S/c1-4-33-24(28)20-6-5-7-21(17(20)2)25-23(27)11-8-18-16-19(9-10-22(18)31-3)34(29,30)26-12-14-32-15-13-26/h5-7,9-10,16H,4,8,11-15H2,1-3H3,(H,25,27). The van der Waals surface area contributed by atoms with Gasteiger partial charge in [0.05, 0.1) is 37.4 Å². The van der Waals surface area contributed by atoms with E-state index < -0.39 is 16.0 Å². The van der Waals surface area contributed by atoms with E-state index in [1.807, 2.05) is 0 Å². The summed E-state index contributed by atoms with van der Waals surface area (Å²) in [5.41, 5.74) is 2.14. The van der Waals surface area contributed by atoms with Crippen LogP contribution < -0.4 is 10.1 Å². The second-order valence-electron chi connectivity index (χ2n) is 7.74. The molecule has 0 aromatic heterocycles. The molecule has 1 aliphatic rings. The zero-order chi connectivity index (χ0) is 24.7. The fourth-order valence-corrected chi connectivity index (χ4v) is 5.17. The topological polar surface area (TPSA) is 111 Å². The van der Waals surface area contributed by atoms with Gasteiger partial charge in [-0.15, -0.1) is 0 Å². The lowest BCUT2D eigenvalue weighted by molar-refractivity contribution is -0.116. The maximum Gasteiger partial charge on any atom is 0.338 e. The van der Waals surface area contributed by atoms with Gasteiger partial charge in [0, 0.05) is 25.2 Å². The Morgan fingerprint density at radius 2 is 1.88 bits per heavy atom. The number of aryl methyl sites for hydroxylation is 1. The fraction of sp³-hybridized carbons (Fsp3) is 0.417. The van der Waals surface area contributed by atoms with Gasteiger partial charge in [0.15, 0.2) is 0 Å². The minimum absolute atomic E-state index is 0.0977. The lowest BCUT2D eigenvalue weighted by Gasteiger charge is -2.26. The molecule has 34 heavy (non-hydrogen) atoms. The highest BCUT2D eigenvalue weighted by Crippen LogP contribution is 2.27. The van der Waals surface area contributed by atoms with Gasteiger partial charge in [0.2, 0.25) is 15.9 Å². The molecule has 184 valence electrons. The Balaban J connectivity index is 1.72. The van der Waals surface area contributed by atoms with Crippen molar-refractivity contribution in [3.8, 4) is 5.75 Å². The van der Waals surface area contributed by atoms with E-state index in [1.54, 1.807) is 44.2 Å². The monoisotopic (exact) mass is 490 g/mol. The number of esters is 1. The van der Waals surface area contributed by atoms with Crippen LogP contribution in [0.1, 0.15) is 34.8 Å².